The van der Waals surface area contributed by atoms with Crippen LogP contribution in [0.1, 0.15) is 10.4 Å². The van der Waals surface area contributed by atoms with Gasteiger partial charge in [-0.05, 0) is 17.7 Å². The van der Waals surface area contributed by atoms with Crippen molar-refractivity contribution in [3.8, 4) is 0 Å². The lowest BCUT2D eigenvalue weighted by Crippen LogP contribution is -2.21. The van der Waals surface area contributed by atoms with Crippen LogP contribution in [0, 0.1) is 0 Å². The maximum Gasteiger partial charge on any atom is 0.271 e. The van der Waals surface area contributed by atoms with Crippen LogP contribution in [0.15, 0.2) is 35.3 Å². The van der Waals surface area contributed by atoms with Crippen molar-refractivity contribution in [1.29, 1.82) is 0 Å². The monoisotopic (exact) mass is 231 g/mol. The molecule has 1 aromatic carbocycles. The van der Waals surface area contributed by atoms with E-state index in [-0.39, 0.29) is 17.1 Å². The molecule has 2 aromatic rings. The van der Waals surface area contributed by atoms with Gasteiger partial charge in [0.1, 0.15) is 6.20 Å². The van der Waals surface area contributed by atoms with Gasteiger partial charge in [0.15, 0.2) is 0 Å². The molecule has 0 aliphatic rings. The average molecular weight is 231 g/mol. The molecule has 2 rings (SSSR count). The van der Waals surface area contributed by atoms with E-state index in [1.54, 1.807) is 0 Å². The molecule has 0 saturated heterocycles. The number of hydrogen-bond donors (Lipinski definition) is 2. The fraction of sp³-hybridized carbons (Fsp3) is 0. The Kier molecular flexibility index (Phi) is 2.82. The highest BCUT2D eigenvalue weighted by Crippen LogP contribution is 2.12. The lowest BCUT2D eigenvalue weighted by atomic mass is 10.2. The summed E-state index contributed by atoms with van der Waals surface area (Å²) in [5.41, 5.74) is 0.267. The first kappa shape index (κ1) is 10.8. The summed E-state index contributed by atoms with van der Waals surface area (Å²) < 4.78 is 0. The Balaban J connectivity index is 2.19. The van der Waals surface area contributed by atoms with E-state index in [0.29, 0.717) is 5.69 Å². The number of anilines is 2. The van der Waals surface area contributed by atoms with Crippen LogP contribution in [0.3, 0.4) is 0 Å². The smallest absolute Gasteiger partial charge is 0.271 e. The molecule has 0 unspecified atom stereocenters. The summed E-state index contributed by atoms with van der Waals surface area (Å²) in [4.78, 5) is 23.9. The molecule has 1 aromatic heterocycles. The number of carboxylic acid groups (broad SMARTS) is 1. The van der Waals surface area contributed by atoms with Gasteiger partial charge in [-0.25, -0.2) is 0 Å². The molecule has 0 saturated carbocycles. The maximum atomic E-state index is 10.9. The summed E-state index contributed by atoms with van der Waals surface area (Å²) in [6.45, 7) is 0. The molecule has 86 valence electrons. The molecule has 0 amide bonds. The molecule has 0 aliphatic carbocycles. The van der Waals surface area contributed by atoms with Crippen molar-refractivity contribution >= 4 is 17.6 Å². The predicted molar refractivity (Wildman–Crippen MR) is 56.7 cm³/mol. The van der Waals surface area contributed by atoms with E-state index in [4.69, 9.17) is 0 Å². The van der Waals surface area contributed by atoms with Crippen molar-refractivity contribution in [3.63, 3.8) is 0 Å². The Hall–Kier alpha value is -2.70. The third kappa shape index (κ3) is 2.65. The summed E-state index contributed by atoms with van der Waals surface area (Å²) in [6.07, 6.45) is 1.05. The molecule has 0 spiro atoms. The zero-order valence-electron chi connectivity index (χ0n) is 8.51. The summed E-state index contributed by atoms with van der Waals surface area (Å²) in [5.74, 6) is -1.07. The van der Waals surface area contributed by atoms with Crippen LogP contribution < -0.4 is 16.0 Å². The molecule has 0 radical (unpaired) electrons. The minimum Gasteiger partial charge on any atom is -0.545 e. The van der Waals surface area contributed by atoms with E-state index in [1.165, 1.54) is 24.3 Å². The third-order valence-corrected chi connectivity index (χ3v) is 1.96. The standard InChI is InChI=1S/C10H8N4O3/c15-8-5-11-14-10(13-8)12-7-3-1-6(2-4-7)9(16)17/h1-5H,(H,16,17)(H2,12,13,14,15)/p-1. The molecule has 7 nitrogen and oxygen atoms in total. The van der Waals surface area contributed by atoms with Gasteiger partial charge in [0.2, 0.25) is 5.95 Å². The fourth-order valence-corrected chi connectivity index (χ4v) is 1.20. The van der Waals surface area contributed by atoms with Crippen LogP contribution in [0.5, 0.6) is 0 Å². The number of nitrogens with zero attached hydrogens (tertiary/aromatic N) is 2. The van der Waals surface area contributed by atoms with Crippen LogP contribution in [-0.2, 0) is 0 Å². The number of rotatable bonds is 3. The Morgan fingerprint density at radius 1 is 1.29 bits per heavy atom. The van der Waals surface area contributed by atoms with Crippen LogP contribution in [0.2, 0.25) is 0 Å². The van der Waals surface area contributed by atoms with Gasteiger partial charge in [0.05, 0.1) is 5.97 Å². The van der Waals surface area contributed by atoms with Gasteiger partial charge in [-0.2, -0.15) is 0 Å². The van der Waals surface area contributed by atoms with Gasteiger partial charge in [0.25, 0.3) is 5.56 Å². The van der Waals surface area contributed by atoms with E-state index in [2.05, 4.69) is 20.5 Å². The average Bonchev–Trinajstić information content (AvgIpc) is 2.29. The first-order chi connectivity index (χ1) is 8.15. The van der Waals surface area contributed by atoms with Crippen LogP contribution in [0.25, 0.3) is 0 Å². The topological polar surface area (TPSA) is 111 Å². The minimum absolute atomic E-state index is 0.0724. The van der Waals surface area contributed by atoms with Crippen molar-refractivity contribution in [2.24, 2.45) is 0 Å². The first-order valence-electron chi connectivity index (χ1n) is 4.65. The number of aromatic nitrogens is 3. The number of carbonyl (C=O) groups is 1. The van der Waals surface area contributed by atoms with Gasteiger partial charge in [-0.15, -0.1) is 10.2 Å². The molecular formula is C10H7N4O3-. The molecule has 17 heavy (non-hydrogen) atoms. The van der Waals surface area contributed by atoms with Crippen molar-refractivity contribution in [2.75, 3.05) is 5.32 Å². The summed E-state index contributed by atoms with van der Waals surface area (Å²) in [7, 11) is 0. The third-order valence-electron chi connectivity index (χ3n) is 1.96. The number of benzene rings is 1. The van der Waals surface area contributed by atoms with Gasteiger partial charge in [0, 0.05) is 5.69 Å². The molecular weight excluding hydrogens is 224 g/mol. The second kappa shape index (κ2) is 4.44. The van der Waals surface area contributed by atoms with Crippen molar-refractivity contribution < 1.29 is 9.90 Å². The second-order valence-corrected chi connectivity index (χ2v) is 3.17. The lowest BCUT2D eigenvalue weighted by molar-refractivity contribution is -0.255. The molecule has 0 fully saturated rings. The summed E-state index contributed by atoms with van der Waals surface area (Å²) in [5, 5.41) is 20.4. The van der Waals surface area contributed by atoms with Gasteiger partial charge in [-0.1, -0.05) is 12.1 Å². The Labute approximate surface area is 95.1 Å². The zero-order chi connectivity index (χ0) is 12.3. The predicted octanol–water partition coefficient (Wildman–Crippen LogP) is -0.728. The van der Waals surface area contributed by atoms with Crippen molar-refractivity contribution in [2.45, 2.75) is 0 Å². The summed E-state index contributed by atoms with van der Waals surface area (Å²) in [6, 6.07) is 5.81. The molecule has 0 atom stereocenters. The van der Waals surface area contributed by atoms with E-state index >= 15 is 0 Å². The van der Waals surface area contributed by atoms with E-state index in [9.17, 15) is 14.7 Å². The molecule has 7 heteroatoms. The zero-order valence-corrected chi connectivity index (χ0v) is 8.51. The Morgan fingerprint density at radius 3 is 2.59 bits per heavy atom. The highest BCUT2D eigenvalue weighted by atomic mass is 16.4. The first-order valence-corrected chi connectivity index (χ1v) is 4.65. The summed E-state index contributed by atoms with van der Waals surface area (Å²) >= 11 is 0. The minimum atomic E-state index is -1.25. The van der Waals surface area contributed by atoms with Gasteiger partial charge < -0.3 is 15.2 Å². The number of aromatic amines is 1. The Bertz CT molecular complexity index is 591. The SMILES string of the molecule is O=C([O-])c1ccc(Nc2nncc(=O)[nH]2)cc1. The second-order valence-electron chi connectivity index (χ2n) is 3.17. The maximum absolute atomic E-state index is 10.9. The number of aromatic carboxylic acids is 1. The van der Waals surface area contributed by atoms with Crippen molar-refractivity contribution in [3.05, 3.63) is 46.4 Å². The molecule has 0 aliphatic heterocycles. The molecule has 1 heterocycles. The van der Waals surface area contributed by atoms with E-state index in [0.717, 1.165) is 6.20 Å². The van der Waals surface area contributed by atoms with Crippen LogP contribution >= 0.6 is 0 Å². The normalized spacial score (nSPS) is 9.88. The van der Waals surface area contributed by atoms with E-state index in [1.807, 2.05) is 0 Å². The van der Waals surface area contributed by atoms with Crippen molar-refractivity contribution in [1.82, 2.24) is 15.2 Å². The fourth-order valence-electron chi connectivity index (χ4n) is 1.20. The molecule has 0 bridgehead atoms. The highest BCUT2D eigenvalue weighted by Gasteiger charge is 1.98. The highest BCUT2D eigenvalue weighted by molar-refractivity contribution is 5.86. The van der Waals surface area contributed by atoms with Gasteiger partial charge >= 0.3 is 0 Å². The Morgan fingerprint density at radius 2 is 2.00 bits per heavy atom. The van der Waals surface area contributed by atoms with E-state index < -0.39 is 5.97 Å². The quantitative estimate of drug-likeness (QED) is 0.720. The number of H-pyrrole nitrogens is 1. The number of carbonyl (C=O) groups excluding carboxylic acids is 1. The largest absolute Gasteiger partial charge is 0.545 e. The number of hydrogen-bond acceptors (Lipinski definition) is 6. The van der Waals surface area contributed by atoms with Gasteiger partial charge in [-0.3, -0.25) is 9.78 Å². The lowest BCUT2D eigenvalue weighted by Gasteiger charge is -2.06. The van der Waals surface area contributed by atoms with Crippen LogP contribution in [0.4, 0.5) is 11.6 Å². The number of nitrogens with one attached hydrogen (secondary N) is 2. The number of carboxylic acids is 1. The molecule has 2 N–H and O–H groups in total. The van der Waals surface area contributed by atoms with Crippen LogP contribution in [-0.4, -0.2) is 21.2 Å².